The largest absolute Gasteiger partial charge is 0.443 e. The lowest BCUT2D eigenvalue weighted by Gasteiger charge is -2.22. The van der Waals surface area contributed by atoms with Crippen molar-refractivity contribution in [1.82, 2.24) is 14.1 Å². The fraction of sp³-hybridized carbons (Fsp3) is 0.433. The fourth-order valence-corrected chi connectivity index (χ4v) is 5.44. The van der Waals surface area contributed by atoms with E-state index in [4.69, 9.17) is 14.2 Å². The van der Waals surface area contributed by atoms with Gasteiger partial charge in [-0.1, -0.05) is 19.6 Å². The van der Waals surface area contributed by atoms with Gasteiger partial charge in [-0.05, 0) is 69.6 Å². The summed E-state index contributed by atoms with van der Waals surface area (Å²) in [7, 11) is -1.39. The summed E-state index contributed by atoms with van der Waals surface area (Å²) in [6.07, 6.45) is -0.749. The van der Waals surface area contributed by atoms with Crippen LogP contribution in [0.5, 0.6) is 5.75 Å². The molecule has 9 nitrogen and oxygen atoms in total. The zero-order valence-corrected chi connectivity index (χ0v) is 25.9. The van der Waals surface area contributed by atoms with Crippen molar-refractivity contribution < 1.29 is 32.9 Å². The Hall–Kier alpha value is -3.79. The van der Waals surface area contributed by atoms with Crippen LogP contribution < -0.4 is 4.74 Å². The minimum Gasteiger partial charge on any atom is -0.443 e. The monoisotopic (exact) mass is 598 g/mol. The van der Waals surface area contributed by atoms with Gasteiger partial charge >= 0.3 is 12.7 Å². The first kappa shape index (κ1) is 31.1. The second-order valence-electron chi connectivity index (χ2n) is 12.4. The first-order valence-corrected chi connectivity index (χ1v) is 17.3. The molecule has 2 aromatic heterocycles. The van der Waals surface area contributed by atoms with E-state index in [-0.39, 0.29) is 23.9 Å². The number of benzene rings is 2. The summed E-state index contributed by atoms with van der Waals surface area (Å²) in [6, 6.07) is 10.8. The number of hydrogen-bond acceptors (Lipinski definition) is 7. The van der Waals surface area contributed by atoms with E-state index in [1.54, 1.807) is 56.5 Å². The Labute approximate surface area is 244 Å². The number of aryl methyl sites for hydroxylation is 1. The van der Waals surface area contributed by atoms with Gasteiger partial charge in [-0.15, -0.1) is 0 Å². The van der Waals surface area contributed by atoms with Crippen LogP contribution in [0.15, 0.2) is 36.5 Å². The molecule has 0 spiro atoms. The minimum atomic E-state index is -3.16. The number of nitrogens with zero attached hydrogens (tertiary/aromatic N) is 4. The predicted octanol–water partition coefficient (Wildman–Crippen LogP) is 6.95. The molecule has 42 heavy (non-hydrogen) atoms. The normalized spacial score (nSPS) is 13.1. The molecule has 12 heteroatoms. The number of rotatable bonds is 9. The molecule has 0 aliphatic rings. The molecule has 2 aromatic carbocycles. The summed E-state index contributed by atoms with van der Waals surface area (Å²) < 4.78 is 46.5. The number of aliphatic hydroxyl groups is 1. The number of aliphatic hydroxyl groups excluding tert-OH is 1. The van der Waals surface area contributed by atoms with Gasteiger partial charge in [0.05, 0.1) is 28.2 Å². The molecule has 0 aliphatic carbocycles. The molecule has 4 rings (SSSR count). The highest BCUT2D eigenvalue weighted by Gasteiger charge is 2.30. The first-order valence-electron chi connectivity index (χ1n) is 13.6. The molecule has 2 heterocycles. The Bertz CT molecular complexity index is 1660. The number of hydrogen-bond donors (Lipinski definition) is 1. The van der Waals surface area contributed by atoms with Crippen LogP contribution in [-0.4, -0.2) is 52.2 Å². The molecule has 0 aliphatic heterocycles. The van der Waals surface area contributed by atoms with Crippen molar-refractivity contribution in [3.8, 4) is 11.8 Å². The lowest BCUT2D eigenvalue weighted by molar-refractivity contribution is -0.0512. The average molecular weight is 599 g/mol. The van der Waals surface area contributed by atoms with Crippen molar-refractivity contribution in [2.24, 2.45) is 0 Å². The Kier molecular flexibility index (Phi) is 8.77. The molecule has 0 amide bonds. The van der Waals surface area contributed by atoms with Crippen LogP contribution in [0.4, 0.5) is 13.6 Å². The quantitative estimate of drug-likeness (QED) is 0.164. The number of carbonyl (C=O) groups is 1. The molecule has 0 bridgehead atoms. The maximum atomic E-state index is 13.6. The van der Waals surface area contributed by atoms with E-state index < -0.39 is 32.5 Å². The van der Waals surface area contributed by atoms with E-state index in [0.29, 0.717) is 39.7 Å². The van der Waals surface area contributed by atoms with Gasteiger partial charge in [-0.2, -0.15) is 14.0 Å². The molecule has 1 unspecified atom stereocenters. The zero-order valence-electron chi connectivity index (χ0n) is 24.9. The number of ether oxygens (including phenoxy) is 3. The van der Waals surface area contributed by atoms with Crippen molar-refractivity contribution in [2.45, 2.75) is 78.4 Å². The van der Waals surface area contributed by atoms with Gasteiger partial charge in [0, 0.05) is 31.8 Å². The highest BCUT2D eigenvalue weighted by molar-refractivity contribution is 6.76. The Morgan fingerprint density at radius 2 is 1.90 bits per heavy atom. The summed E-state index contributed by atoms with van der Waals surface area (Å²) in [5.74, 6) is -0.136. The van der Waals surface area contributed by atoms with E-state index in [1.807, 2.05) is 0 Å². The Morgan fingerprint density at radius 1 is 1.19 bits per heavy atom. The summed E-state index contributed by atoms with van der Waals surface area (Å²) in [4.78, 5) is 17.6. The van der Waals surface area contributed by atoms with Crippen LogP contribution >= 0.6 is 0 Å². The van der Waals surface area contributed by atoms with Gasteiger partial charge < -0.3 is 23.9 Å². The average Bonchev–Trinajstić information content (AvgIpc) is 3.46. The smallest absolute Gasteiger partial charge is 0.419 e. The number of halogens is 2. The van der Waals surface area contributed by atoms with Gasteiger partial charge in [0.2, 0.25) is 0 Å². The van der Waals surface area contributed by atoms with Crippen molar-refractivity contribution in [2.75, 3.05) is 6.61 Å². The van der Waals surface area contributed by atoms with Gasteiger partial charge in [-0.25, -0.2) is 9.78 Å². The molecule has 0 radical (unpaired) electrons. The second-order valence-corrected chi connectivity index (χ2v) is 18.0. The molecular formula is C30H36F2N4O5Si. The highest BCUT2D eigenvalue weighted by Crippen LogP contribution is 2.40. The number of fused-ring (bicyclic) bond motifs is 2. The lowest BCUT2D eigenvalue weighted by atomic mass is 9.99. The van der Waals surface area contributed by atoms with Crippen LogP contribution in [-0.2, 0) is 16.2 Å². The zero-order chi connectivity index (χ0) is 31.0. The van der Waals surface area contributed by atoms with Crippen LogP contribution in [0.2, 0.25) is 25.7 Å². The molecule has 0 fully saturated rings. The highest BCUT2D eigenvalue weighted by atomic mass is 28.3. The number of aromatic nitrogens is 3. The van der Waals surface area contributed by atoms with E-state index >= 15 is 0 Å². The Balaban J connectivity index is 1.89. The van der Waals surface area contributed by atoms with E-state index in [0.717, 1.165) is 6.04 Å². The van der Waals surface area contributed by atoms with Crippen LogP contribution in [0.3, 0.4) is 0 Å². The molecule has 4 aromatic rings. The van der Waals surface area contributed by atoms with E-state index in [2.05, 4.69) is 30.7 Å². The molecule has 1 atom stereocenters. The summed E-state index contributed by atoms with van der Waals surface area (Å²) in [5.41, 5.74) is 1.50. The van der Waals surface area contributed by atoms with Gasteiger partial charge in [0.15, 0.2) is 0 Å². The molecule has 0 saturated carbocycles. The standard InChI is InChI=1S/C30H36F2N4O5Si/c1-18-14-23(40-28(31)32)24(20-10-11-35(25(18)20)29(38)41-30(2,3)4)26(37)27-34-21-9-8-19(16-33)15-22(21)36(27)17-39-12-13-42(5,6)7/h8-11,14-15,26,28,37H,12-13,17H2,1-7H3. The predicted molar refractivity (Wildman–Crippen MR) is 158 cm³/mol. The molecule has 0 saturated heterocycles. The molecular weight excluding hydrogens is 562 g/mol. The summed E-state index contributed by atoms with van der Waals surface area (Å²) >= 11 is 0. The third-order valence-electron chi connectivity index (χ3n) is 6.61. The summed E-state index contributed by atoms with van der Waals surface area (Å²) in [5, 5.41) is 21.7. The lowest BCUT2D eigenvalue weighted by Crippen LogP contribution is -2.26. The SMILES string of the molecule is Cc1cc(OC(F)F)c(C(O)c2nc3ccc(C#N)cc3n2COCC[Si](C)(C)C)c2ccn(C(=O)OC(C)(C)C)c12. The van der Waals surface area contributed by atoms with E-state index in [1.165, 1.54) is 16.8 Å². The molecule has 1 N–H and O–H groups in total. The first-order chi connectivity index (χ1) is 19.6. The topological polar surface area (TPSA) is 112 Å². The summed E-state index contributed by atoms with van der Waals surface area (Å²) in [6.45, 7) is 10.9. The minimum absolute atomic E-state index is 0.0115. The Morgan fingerprint density at radius 3 is 2.52 bits per heavy atom. The van der Waals surface area contributed by atoms with Gasteiger partial charge in [0.1, 0.15) is 30.0 Å². The number of imidazole rings is 1. The van der Waals surface area contributed by atoms with Crippen LogP contribution in [0.25, 0.3) is 21.9 Å². The van der Waals surface area contributed by atoms with Crippen LogP contribution in [0.1, 0.15) is 49.4 Å². The number of nitriles is 1. The third kappa shape index (κ3) is 6.81. The van der Waals surface area contributed by atoms with Gasteiger partial charge in [-0.3, -0.25) is 4.57 Å². The van der Waals surface area contributed by atoms with Crippen molar-refractivity contribution in [3.05, 3.63) is 59.0 Å². The number of carbonyl (C=O) groups excluding carboxylic acids is 1. The fourth-order valence-electron chi connectivity index (χ4n) is 4.68. The maximum absolute atomic E-state index is 13.6. The second kappa shape index (κ2) is 11.8. The number of alkyl halides is 2. The van der Waals surface area contributed by atoms with Crippen LogP contribution in [0, 0.1) is 18.3 Å². The van der Waals surface area contributed by atoms with Crippen molar-refractivity contribution in [1.29, 1.82) is 5.26 Å². The maximum Gasteiger partial charge on any atom is 0.419 e. The van der Waals surface area contributed by atoms with Crippen molar-refractivity contribution >= 4 is 36.1 Å². The van der Waals surface area contributed by atoms with Crippen molar-refractivity contribution in [3.63, 3.8) is 0 Å². The van der Waals surface area contributed by atoms with Gasteiger partial charge in [0.25, 0.3) is 0 Å². The van der Waals surface area contributed by atoms with E-state index in [9.17, 15) is 23.9 Å². The molecule has 224 valence electrons. The third-order valence-corrected chi connectivity index (χ3v) is 8.32.